The van der Waals surface area contributed by atoms with E-state index in [0.29, 0.717) is 34.5 Å². The predicted octanol–water partition coefficient (Wildman–Crippen LogP) is 4.04. The molecule has 0 aliphatic heterocycles. The molecule has 0 spiro atoms. The first kappa shape index (κ1) is 16.6. The lowest BCUT2D eigenvalue weighted by Crippen LogP contribution is -2.12. The van der Waals surface area contributed by atoms with Crippen molar-refractivity contribution >= 4 is 11.0 Å². The molecule has 0 radical (unpaired) electrons. The summed E-state index contributed by atoms with van der Waals surface area (Å²) in [5.41, 5.74) is 3.18. The SMILES string of the molecule is N#Cc1ccc(OCc2ccccc2)c(-c2nc3ccccc3[nH]c2=O)c1. The maximum atomic E-state index is 12.6. The molecular weight excluding hydrogens is 338 g/mol. The molecule has 5 nitrogen and oxygen atoms in total. The molecule has 0 saturated heterocycles. The number of hydrogen-bond acceptors (Lipinski definition) is 4. The Morgan fingerprint density at radius 2 is 1.78 bits per heavy atom. The number of ether oxygens (including phenoxy) is 1. The third-order valence-electron chi connectivity index (χ3n) is 4.20. The highest BCUT2D eigenvalue weighted by Gasteiger charge is 2.14. The normalized spacial score (nSPS) is 10.5. The molecule has 1 aromatic heterocycles. The smallest absolute Gasteiger partial charge is 0.275 e. The van der Waals surface area contributed by atoms with Crippen LogP contribution in [0.2, 0.25) is 0 Å². The van der Waals surface area contributed by atoms with Gasteiger partial charge >= 0.3 is 0 Å². The van der Waals surface area contributed by atoms with Crippen molar-refractivity contribution in [3.8, 4) is 23.1 Å². The summed E-state index contributed by atoms with van der Waals surface area (Å²) in [4.78, 5) is 19.9. The third kappa shape index (κ3) is 3.42. The predicted molar refractivity (Wildman–Crippen MR) is 103 cm³/mol. The number of rotatable bonds is 4. The van der Waals surface area contributed by atoms with Gasteiger partial charge in [-0.1, -0.05) is 42.5 Å². The molecule has 4 aromatic rings. The van der Waals surface area contributed by atoms with Crippen LogP contribution >= 0.6 is 0 Å². The van der Waals surface area contributed by atoms with Crippen molar-refractivity contribution in [1.82, 2.24) is 9.97 Å². The van der Waals surface area contributed by atoms with Crippen LogP contribution in [-0.4, -0.2) is 9.97 Å². The molecule has 1 N–H and O–H groups in total. The fourth-order valence-corrected chi connectivity index (χ4v) is 2.86. The van der Waals surface area contributed by atoms with Crippen LogP contribution in [0.3, 0.4) is 0 Å². The second-order valence-corrected chi connectivity index (χ2v) is 6.03. The van der Waals surface area contributed by atoms with Crippen molar-refractivity contribution in [3.63, 3.8) is 0 Å². The molecular formula is C22H15N3O2. The van der Waals surface area contributed by atoms with Gasteiger partial charge in [0.1, 0.15) is 18.1 Å². The van der Waals surface area contributed by atoms with E-state index in [1.54, 1.807) is 24.3 Å². The maximum absolute atomic E-state index is 12.6. The van der Waals surface area contributed by atoms with E-state index in [2.05, 4.69) is 16.0 Å². The van der Waals surface area contributed by atoms with Crippen molar-refractivity contribution in [2.45, 2.75) is 6.61 Å². The van der Waals surface area contributed by atoms with Crippen LogP contribution in [0, 0.1) is 11.3 Å². The van der Waals surface area contributed by atoms with Crippen LogP contribution in [0.25, 0.3) is 22.3 Å². The van der Waals surface area contributed by atoms with E-state index in [1.807, 2.05) is 48.5 Å². The summed E-state index contributed by atoms with van der Waals surface area (Å²) in [6.07, 6.45) is 0. The van der Waals surface area contributed by atoms with Crippen LogP contribution in [0.4, 0.5) is 0 Å². The average Bonchev–Trinajstić information content (AvgIpc) is 2.72. The Labute approximate surface area is 155 Å². The zero-order chi connectivity index (χ0) is 18.6. The van der Waals surface area contributed by atoms with E-state index < -0.39 is 0 Å². The van der Waals surface area contributed by atoms with E-state index in [9.17, 15) is 10.1 Å². The molecule has 0 aliphatic rings. The standard InChI is InChI=1S/C22H15N3O2/c23-13-16-10-11-20(27-14-15-6-2-1-3-7-15)17(12-16)21-22(26)25-19-9-5-4-8-18(19)24-21/h1-12H,14H2,(H,25,26). The van der Waals surface area contributed by atoms with Crippen LogP contribution in [0.5, 0.6) is 5.75 Å². The molecule has 0 bridgehead atoms. The quantitative estimate of drug-likeness (QED) is 0.600. The van der Waals surface area contributed by atoms with Gasteiger partial charge in [-0.15, -0.1) is 0 Å². The molecule has 5 heteroatoms. The van der Waals surface area contributed by atoms with E-state index in [0.717, 1.165) is 5.56 Å². The second-order valence-electron chi connectivity index (χ2n) is 6.03. The van der Waals surface area contributed by atoms with Crippen molar-refractivity contribution in [3.05, 3.63) is 94.3 Å². The van der Waals surface area contributed by atoms with Gasteiger partial charge in [0.25, 0.3) is 5.56 Å². The molecule has 0 unspecified atom stereocenters. The number of aromatic amines is 1. The fraction of sp³-hybridized carbons (Fsp3) is 0.0455. The molecule has 3 aromatic carbocycles. The number of fused-ring (bicyclic) bond motifs is 1. The highest BCUT2D eigenvalue weighted by atomic mass is 16.5. The first-order chi connectivity index (χ1) is 13.2. The summed E-state index contributed by atoms with van der Waals surface area (Å²) < 4.78 is 5.94. The van der Waals surface area contributed by atoms with E-state index in [4.69, 9.17) is 4.74 Å². The fourth-order valence-electron chi connectivity index (χ4n) is 2.86. The van der Waals surface area contributed by atoms with Gasteiger partial charge in [0.15, 0.2) is 0 Å². The van der Waals surface area contributed by atoms with Crippen LogP contribution < -0.4 is 10.3 Å². The molecule has 0 saturated carbocycles. The molecule has 4 rings (SSSR count). The Morgan fingerprint density at radius 1 is 1.00 bits per heavy atom. The Morgan fingerprint density at radius 3 is 2.59 bits per heavy atom. The van der Waals surface area contributed by atoms with Crippen molar-refractivity contribution in [2.24, 2.45) is 0 Å². The first-order valence-electron chi connectivity index (χ1n) is 8.45. The number of benzene rings is 3. The molecule has 27 heavy (non-hydrogen) atoms. The average molecular weight is 353 g/mol. The van der Waals surface area contributed by atoms with E-state index in [-0.39, 0.29) is 11.3 Å². The van der Waals surface area contributed by atoms with Gasteiger partial charge in [-0.05, 0) is 35.9 Å². The Bertz CT molecular complexity index is 1210. The largest absolute Gasteiger partial charge is 0.488 e. The third-order valence-corrected chi connectivity index (χ3v) is 4.20. The van der Waals surface area contributed by atoms with Crippen LogP contribution in [-0.2, 0) is 6.61 Å². The number of nitrogens with zero attached hydrogens (tertiary/aromatic N) is 2. The van der Waals surface area contributed by atoms with Gasteiger partial charge in [-0.3, -0.25) is 4.79 Å². The van der Waals surface area contributed by atoms with Crippen LogP contribution in [0.15, 0.2) is 77.6 Å². The summed E-state index contributed by atoms with van der Waals surface area (Å²) in [6, 6.07) is 24.2. The van der Waals surface area contributed by atoms with Crippen molar-refractivity contribution < 1.29 is 4.74 Å². The van der Waals surface area contributed by atoms with Gasteiger partial charge < -0.3 is 9.72 Å². The van der Waals surface area contributed by atoms with E-state index >= 15 is 0 Å². The highest BCUT2D eigenvalue weighted by molar-refractivity contribution is 5.78. The second kappa shape index (κ2) is 7.14. The summed E-state index contributed by atoms with van der Waals surface area (Å²) in [5.74, 6) is 0.506. The van der Waals surface area contributed by atoms with Gasteiger partial charge in [0.2, 0.25) is 0 Å². The molecule has 0 aliphatic carbocycles. The zero-order valence-electron chi connectivity index (χ0n) is 14.3. The number of hydrogen-bond donors (Lipinski definition) is 1. The zero-order valence-corrected chi connectivity index (χ0v) is 14.3. The number of para-hydroxylation sites is 2. The van der Waals surface area contributed by atoms with Gasteiger partial charge in [-0.25, -0.2) is 4.98 Å². The summed E-state index contributed by atoms with van der Waals surface area (Å²) in [6.45, 7) is 0.352. The maximum Gasteiger partial charge on any atom is 0.275 e. The molecule has 0 atom stereocenters. The minimum atomic E-state index is -0.326. The summed E-state index contributed by atoms with van der Waals surface area (Å²) >= 11 is 0. The minimum Gasteiger partial charge on any atom is -0.488 e. The first-order valence-corrected chi connectivity index (χ1v) is 8.45. The summed E-state index contributed by atoms with van der Waals surface area (Å²) in [5, 5.41) is 9.25. The lowest BCUT2D eigenvalue weighted by Gasteiger charge is -2.12. The van der Waals surface area contributed by atoms with Crippen molar-refractivity contribution in [2.75, 3.05) is 0 Å². The number of nitriles is 1. The van der Waals surface area contributed by atoms with Gasteiger partial charge in [-0.2, -0.15) is 5.26 Å². The summed E-state index contributed by atoms with van der Waals surface area (Å²) in [7, 11) is 0. The lowest BCUT2D eigenvalue weighted by molar-refractivity contribution is 0.307. The highest BCUT2D eigenvalue weighted by Crippen LogP contribution is 2.29. The Balaban J connectivity index is 1.80. The number of aromatic nitrogens is 2. The van der Waals surface area contributed by atoms with E-state index in [1.165, 1.54) is 0 Å². The Hall–Kier alpha value is -3.91. The number of nitrogens with one attached hydrogen (secondary N) is 1. The topological polar surface area (TPSA) is 78.8 Å². The molecule has 0 amide bonds. The molecule has 0 fully saturated rings. The monoisotopic (exact) mass is 353 g/mol. The lowest BCUT2D eigenvalue weighted by atomic mass is 10.1. The van der Waals surface area contributed by atoms with Gasteiger partial charge in [0.05, 0.1) is 22.7 Å². The Kier molecular flexibility index (Phi) is 4.38. The molecule has 130 valence electrons. The van der Waals surface area contributed by atoms with Crippen LogP contribution in [0.1, 0.15) is 11.1 Å². The molecule has 1 heterocycles. The van der Waals surface area contributed by atoms with Gasteiger partial charge in [0, 0.05) is 5.56 Å². The minimum absolute atomic E-state index is 0.230. The number of H-pyrrole nitrogens is 1. The van der Waals surface area contributed by atoms with Crippen molar-refractivity contribution in [1.29, 1.82) is 5.26 Å².